The number of H-pyrrole nitrogens is 1. The van der Waals surface area contributed by atoms with Crippen molar-refractivity contribution in [1.82, 2.24) is 20.1 Å². The Bertz CT molecular complexity index is 575. The molecule has 0 amide bonds. The Balaban J connectivity index is 1.70. The van der Waals surface area contributed by atoms with Crippen LogP contribution in [0.2, 0.25) is 0 Å². The van der Waals surface area contributed by atoms with Crippen molar-refractivity contribution in [3.63, 3.8) is 0 Å². The van der Waals surface area contributed by atoms with Gasteiger partial charge in [-0.3, -0.25) is 0 Å². The molecule has 2 aromatic heterocycles. The lowest BCUT2D eigenvalue weighted by molar-refractivity contribution is 0.240. The molecule has 2 aromatic rings. The number of nitrogens with zero attached hydrogens (tertiary/aromatic N) is 3. The minimum atomic E-state index is -0.294. The van der Waals surface area contributed by atoms with Gasteiger partial charge in [0.1, 0.15) is 11.5 Å². The molecule has 0 aliphatic heterocycles. The molecule has 2 heterocycles. The van der Waals surface area contributed by atoms with Crippen LogP contribution in [0.3, 0.4) is 0 Å². The second-order valence-corrected chi connectivity index (χ2v) is 6.33. The summed E-state index contributed by atoms with van der Waals surface area (Å²) in [6, 6.07) is 0. The summed E-state index contributed by atoms with van der Waals surface area (Å²) in [5.74, 6) is 3.91. The third kappa shape index (κ3) is 2.60. The monoisotopic (exact) mass is 293 g/mol. The Morgan fingerprint density at radius 2 is 2.35 bits per heavy atom. The standard InChI is InChI=1S/C13H19N5OS/c1-2-6-20-8-10-17-11(19-18-10)9-7-15-12(16-9)13(14)4-3-5-13/h7H,2-6,8,14H2,1H3,(H,15,16). The Morgan fingerprint density at radius 3 is 3.05 bits per heavy atom. The molecule has 6 nitrogen and oxygen atoms in total. The molecule has 7 heteroatoms. The van der Waals surface area contributed by atoms with Crippen LogP contribution >= 0.6 is 11.8 Å². The van der Waals surface area contributed by atoms with Gasteiger partial charge in [-0.2, -0.15) is 16.7 Å². The molecule has 1 aliphatic carbocycles. The molecule has 1 aliphatic rings. The van der Waals surface area contributed by atoms with Crippen molar-refractivity contribution in [2.45, 2.75) is 43.9 Å². The molecular formula is C13H19N5OS. The summed E-state index contributed by atoms with van der Waals surface area (Å²) in [7, 11) is 0. The first kappa shape index (κ1) is 13.6. The minimum Gasteiger partial charge on any atom is -0.336 e. The second-order valence-electron chi connectivity index (χ2n) is 5.22. The normalized spacial score (nSPS) is 17.1. The van der Waals surface area contributed by atoms with Crippen molar-refractivity contribution in [3.8, 4) is 11.6 Å². The van der Waals surface area contributed by atoms with E-state index in [1.54, 1.807) is 18.0 Å². The average Bonchev–Trinajstić information content (AvgIpc) is 3.05. The van der Waals surface area contributed by atoms with Gasteiger partial charge in [-0.05, 0) is 31.4 Å². The third-order valence-corrected chi connectivity index (χ3v) is 4.73. The maximum absolute atomic E-state index is 6.24. The molecule has 3 rings (SSSR count). The molecule has 108 valence electrons. The van der Waals surface area contributed by atoms with Gasteiger partial charge in [-0.25, -0.2) is 4.98 Å². The molecular weight excluding hydrogens is 274 g/mol. The van der Waals surface area contributed by atoms with Crippen molar-refractivity contribution >= 4 is 11.8 Å². The van der Waals surface area contributed by atoms with Gasteiger partial charge in [0.25, 0.3) is 5.89 Å². The van der Waals surface area contributed by atoms with Gasteiger partial charge >= 0.3 is 0 Å². The Hall–Kier alpha value is -1.34. The largest absolute Gasteiger partial charge is 0.336 e. The maximum Gasteiger partial charge on any atom is 0.276 e. The molecule has 0 unspecified atom stereocenters. The van der Waals surface area contributed by atoms with Crippen molar-refractivity contribution < 1.29 is 4.52 Å². The highest BCUT2D eigenvalue weighted by Gasteiger charge is 2.37. The number of aromatic amines is 1. The van der Waals surface area contributed by atoms with Crippen molar-refractivity contribution in [3.05, 3.63) is 17.8 Å². The zero-order valence-electron chi connectivity index (χ0n) is 11.6. The molecule has 1 fully saturated rings. The molecule has 0 aromatic carbocycles. The Labute approximate surface area is 121 Å². The zero-order valence-corrected chi connectivity index (χ0v) is 12.4. The van der Waals surface area contributed by atoms with E-state index in [1.807, 2.05) is 0 Å². The summed E-state index contributed by atoms with van der Waals surface area (Å²) in [5.41, 5.74) is 6.69. The number of nitrogens with two attached hydrogens (primary N) is 1. The number of thioether (sulfide) groups is 1. The van der Waals surface area contributed by atoms with Crippen LogP contribution in [0.5, 0.6) is 0 Å². The average molecular weight is 293 g/mol. The number of aromatic nitrogens is 4. The molecule has 0 atom stereocenters. The van der Waals surface area contributed by atoms with Gasteiger partial charge in [0.05, 0.1) is 17.5 Å². The molecule has 20 heavy (non-hydrogen) atoms. The predicted molar refractivity (Wildman–Crippen MR) is 78.0 cm³/mol. The van der Waals surface area contributed by atoms with E-state index >= 15 is 0 Å². The summed E-state index contributed by atoms with van der Waals surface area (Å²) in [5, 5.41) is 3.98. The Morgan fingerprint density at radius 1 is 1.50 bits per heavy atom. The summed E-state index contributed by atoms with van der Waals surface area (Å²) in [4.78, 5) is 12.0. The van der Waals surface area contributed by atoms with E-state index in [9.17, 15) is 0 Å². The van der Waals surface area contributed by atoms with E-state index in [2.05, 4.69) is 27.0 Å². The molecule has 0 radical (unpaired) electrons. The molecule has 3 N–H and O–H groups in total. The van der Waals surface area contributed by atoms with E-state index in [0.29, 0.717) is 5.89 Å². The van der Waals surface area contributed by atoms with Crippen LogP contribution in [0.4, 0.5) is 0 Å². The van der Waals surface area contributed by atoms with Gasteiger partial charge in [0.15, 0.2) is 5.82 Å². The quantitative estimate of drug-likeness (QED) is 0.794. The number of imidazole rings is 1. The van der Waals surface area contributed by atoms with Gasteiger partial charge in [0, 0.05) is 0 Å². The fourth-order valence-electron chi connectivity index (χ4n) is 2.21. The fraction of sp³-hybridized carbons (Fsp3) is 0.615. The van der Waals surface area contributed by atoms with Crippen LogP contribution in [0, 0.1) is 0 Å². The summed E-state index contributed by atoms with van der Waals surface area (Å²) >= 11 is 1.81. The fourth-order valence-corrected chi connectivity index (χ4v) is 2.94. The highest BCUT2D eigenvalue weighted by molar-refractivity contribution is 7.98. The van der Waals surface area contributed by atoms with Gasteiger partial charge in [-0.1, -0.05) is 12.1 Å². The first-order chi connectivity index (χ1) is 9.71. The zero-order chi connectivity index (χ0) is 14.0. The first-order valence-electron chi connectivity index (χ1n) is 6.96. The van der Waals surface area contributed by atoms with Gasteiger partial charge < -0.3 is 15.2 Å². The van der Waals surface area contributed by atoms with E-state index < -0.39 is 0 Å². The van der Waals surface area contributed by atoms with Crippen LogP contribution in [-0.4, -0.2) is 25.9 Å². The molecule has 0 bridgehead atoms. The van der Waals surface area contributed by atoms with E-state index in [-0.39, 0.29) is 5.54 Å². The predicted octanol–water partition coefficient (Wildman–Crippen LogP) is 2.44. The number of hydrogen-bond acceptors (Lipinski definition) is 6. The molecule has 0 saturated heterocycles. The van der Waals surface area contributed by atoms with Crippen LogP contribution in [0.1, 0.15) is 44.3 Å². The SMILES string of the molecule is CCCSCc1noc(-c2cnc(C3(N)CCC3)[nH]2)n1. The van der Waals surface area contributed by atoms with Crippen LogP contribution in [0.15, 0.2) is 10.7 Å². The van der Waals surface area contributed by atoms with Crippen LogP contribution < -0.4 is 5.73 Å². The van der Waals surface area contributed by atoms with Crippen LogP contribution in [0.25, 0.3) is 11.6 Å². The van der Waals surface area contributed by atoms with E-state index in [1.165, 1.54) is 0 Å². The van der Waals surface area contributed by atoms with Gasteiger partial charge in [-0.15, -0.1) is 0 Å². The first-order valence-corrected chi connectivity index (χ1v) is 8.12. The summed E-state index contributed by atoms with van der Waals surface area (Å²) in [6.07, 6.45) is 5.98. The topological polar surface area (TPSA) is 93.6 Å². The van der Waals surface area contributed by atoms with Crippen molar-refractivity contribution in [2.24, 2.45) is 5.73 Å². The lowest BCUT2D eigenvalue weighted by Gasteiger charge is -2.35. The van der Waals surface area contributed by atoms with Gasteiger partial charge in [0.2, 0.25) is 0 Å². The highest BCUT2D eigenvalue weighted by atomic mass is 32.2. The third-order valence-electron chi connectivity index (χ3n) is 3.57. The van der Waals surface area contributed by atoms with E-state index in [4.69, 9.17) is 10.3 Å². The Kier molecular flexibility index (Phi) is 3.80. The lowest BCUT2D eigenvalue weighted by atomic mass is 9.77. The molecule has 0 spiro atoms. The minimum absolute atomic E-state index is 0.294. The highest BCUT2D eigenvalue weighted by Crippen LogP contribution is 2.37. The van der Waals surface area contributed by atoms with Crippen molar-refractivity contribution in [2.75, 3.05) is 5.75 Å². The second kappa shape index (κ2) is 5.57. The number of nitrogens with one attached hydrogen (secondary N) is 1. The van der Waals surface area contributed by atoms with Crippen LogP contribution in [-0.2, 0) is 11.3 Å². The summed E-state index contributed by atoms with van der Waals surface area (Å²) < 4.78 is 5.27. The molecule has 1 saturated carbocycles. The maximum atomic E-state index is 6.24. The number of hydrogen-bond donors (Lipinski definition) is 2. The lowest BCUT2D eigenvalue weighted by Crippen LogP contribution is -2.44. The van der Waals surface area contributed by atoms with E-state index in [0.717, 1.165) is 54.5 Å². The smallest absolute Gasteiger partial charge is 0.276 e. The van der Waals surface area contributed by atoms with Crippen molar-refractivity contribution in [1.29, 1.82) is 0 Å². The summed E-state index contributed by atoms with van der Waals surface area (Å²) in [6.45, 7) is 2.16. The number of rotatable bonds is 6.